The molecule has 0 aromatic heterocycles. The van der Waals surface area contributed by atoms with Crippen LogP contribution in [0.15, 0.2) is 53.4 Å². The fraction of sp³-hybridized carbons (Fsp3) is 0.368. The Morgan fingerprint density at radius 1 is 1.04 bits per heavy atom. The monoisotopic (exact) mass is 360 g/mol. The van der Waals surface area contributed by atoms with Crippen molar-refractivity contribution in [3.8, 4) is 5.75 Å². The molecule has 2 aromatic rings. The third-order valence-corrected chi connectivity index (χ3v) is 6.65. The van der Waals surface area contributed by atoms with E-state index in [-0.39, 0.29) is 6.04 Å². The molecule has 0 spiro atoms. The molecular formula is C19H24N2O3S. The molecule has 1 atom stereocenters. The summed E-state index contributed by atoms with van der Waals surface area (Å²) in [5.41, 5.74) is 2.06. The quantitative estimate of drug-likeness (QED) is 0.841. The van der Waals surface area contributed by atoms with Gasteiger partial charge in [-0.2, -0.15) is 4.31 Å². The molecule has 1 fully saturated rings. The van der Waals surface area contributed by atoms with E-state index < -0.39 is 10.0 Å². The zero-order valence-corrected chi connectivity index (χ0v) is 15.7. The summed E-state index contributed by atoms with van der Waals surface area (Å²) >= 11 is 0. The first-order valence-corrected chi connectivity index (χ1v) is 9.77. The van der Waals surface area contributed by atoms with E-state index >= 15 is 0 Å². The molecular weight excluding hydrogens is 336 g/mol. The number of sulfonamides is 1. The van der Waals surface area contributed by atoms with Crippen LogP contribution in [0.1, 0.15) is 17.2 Å². The smallest absolute Gasteiger partial charge is 0.243 e. The summed E-state index contributed by atoms with van der Waals surface area (Å²) < 4.78 is 33.1. The second-order valence-corrected chi connectivity index (χ2v) is 8.35. The van der Waals surface area contributed by atoms with Gasteiger partial charge in [0.2, 0.25) is 10.0 Å². The number of rotatable bonds is 4. The van der Waals surface area contributed by atoms with Crippen LogP contribution in [0.3, 0.4) is 0 Å². The summed E-state index contributed by atoms with van der Waals surface area (Å²) in [4.78, 5) is 2.53. The van der Waals surface area contributed by atoms with E-state index in [1.807, 2.05) is 50.4 Å². The molecule has 1 aliphatic rings. The predicted octanol–water partition coefficient (Wildman–Crippen LogP) is 2.68. The zero-order valence-electron chi connectivity index (χ0n) is 14.8. The fourth-order valence-corrected chi connectivity index (χ4v) is 4.64. The largest absolute Gasteiger partial charge is 0.496 e. The van der Waals surface area contributed by atoms with Crippen molar-refractivity contribution in [3.05, 3.63) is 59.7 Å². The van der Waals surface area contributed by atoms with Crippen molar-refractivity contribution < 1.29 is 13.2 Å². The molecule has 1 aliphatic heterocycles. The number of hydrogen-bond acceptors (Lipinski definition) is 4. The van der Waals surface area contributed by atoms with Crippen molar-refractivity contribution in [2.24, 2.45) is 0 Å². The SMILES string of the molecule is COc1ccccc1C1CN(S(=O)(=O)c2ccc(C)cc2)CCN1C. The van der Waals surface area contributed by atoms with Gasteiger partial charge in [-0.05, 0) is 32.2 Å². The minimum absolute atomic E-state index is 0.0369. The number of nitrogens with zero attached hydrogens (tertiary/aromatic N) is 2. The number of hydrogen-bond donors (Lipinski definition) is 0. The third-order valence-electron chi connectivity index (χ3n) is 4.77. The molecule has 134 valence electrons. The first kappa shape index (κ1) is 17.9. The van der Waals surface area contributed by atoms with Gasteiger partial charge in [-0.15, -0.1) is 0 Å². The van der Waals surface area contributed by atoms with E-state index in [2.05, 4.69) is 4.90 Å². The molecule has 5 nitrogen and oxygen atoms in total. The maximum Gasteiger partial charge on any atom is 0.243 e. The second kappa shape index (κ2) is 7.15. The van der Waals surface area contributed by atoms with Crippen LogP contribution in [0.4, 0.5) is 0 Å². The molecule has 0 amide bonds. The zero-order chi connectivity index (χ0) is 18.0. The summed E-state index contributed by atoms with van der Waals surface area (Å²) in [6.45, 7) is 3.52. The van der Waals surface area contributed by atoms with Gasteiger partial charge in [0.05, 0.1) is 18.0 Å². The van der Waals surface area contributed by atoms with Crippen molar-refractivity contribution in [3.63, 3.8) is 0 Å². The van der Waals surface area contributed by atoms with Crippen LogP contribution >= 0.6 is 0 Å². The third kappa shape index (κ3) is 3.56. The number of likely N-dealkylation sites (N-methyl/N-ethyl adjacent to an activating group) is 1. The van der Waals surface area contributed by atoms with Crippen molar-refractivity contribution in [2.75, 3.05) is 33.8 Å². The molecule has 6 heteroatoms. The molecule has 3 rings (SSSR count). The molecule has 0 bridgehead atoms. The number of piperazine rings is 1. The average Bonchev–Trinajstić information content (AvgIpc) is 2.62. The standard InChI is InChI=1S/C19H24N2O3S/c1-15-8-10-16(11-9-15)25(22,23)21-13-12-20(2)18(14-21)17-6-4-5-7-19(17)24-3/h4-11,18H,12-14H2,1-3H3. The van der Waals surface area contributed by atoms with E-state index in [1.165, 1.54) is 0 Å². The number of ether oxygens (including phenoxy) is 1. The Labute approximate surface area is 149 Å². The van der Waals surface area contributed by atoms with E-state index in [0.717, 1.165) is 16.9 Å². The summed E-state index contributed by atoms with van der Waals surface area (Å²) in [6.07, 6.45) is 0. The van der Waals surface area contributed by atoms with Gasteiger partial charge in [0.15, 0.2) is 0 Å². The Morgan fingerprint density at radius 2 is 1.72 bits per heavy atom. The van der Waals surface area contributed by atoms with Crippen LogP contribution in [0.5, 0.6) is 5.75 Å². The predicted molar refractivity (Wildman–Crippen MR) is 98.3 cm³/mol. The molecule has 1 unspecified atom stereocenters. The highest BCUT2D eigenvalue weighted by Crippen LogP contribution is 2.33. The van der Waals surface area contributed by atoms with Gasteiger partial charge in [-0.25, -0.2) is 8.42 Å². The Hall–Kier alpha value is -1.89. The number of para-hydroxylation sites is 1. The second-order valence-electron chi connectivity index (χ2n) is 6.41. The van der Waals surface area contributed by atoms with Gasteiger partial charge < -0.3 is 4.74 Å². The van der Waals surface area contributed by atoms with E-state index in [0.29, 0.717) is 24.5 Å². The molecule has 1 saturated heterocycles. The lowest BCUT2D eigenvalue weighted by atomic mass is 10.0. The van der Waals surface area contributed by atoms with Crippen molar-refractivity contribution in [1.29, 1.82) is 0 Å². The highest BCUT2D eigenvalue weighted by Gasteiger charge is 2.34. The molecule has 25 heavy (non-hydrogen) atoms. The maximum atomic E-state index is 13.0. The minimum atomic E-state index is -3.50. The number of benzene rings is 2. The van der Waals surface area contributed by atoms with E-state index in [9.17, 15) is 8.42 Å². The van der Waals surface area contributed by atoms with E-state index in [4.69, 9.17) is 4.74 Å². The van der Waals surface area contributed by atoms with Crippen LogP contribution in [-0.4, -0.2) is 51.4 Å². The van der Waals surface area contributed by atoms with Crippen molar-refractivity contribution >= 4 is 10.0 Å². The van der Waals surface area contributed by atoms with Crippen LogP contribution in [0.2, 0.25) is 0 Å². The highest BCUT2D eigenvalue weighted by molar-refractivity contribution is 7.89. The lowest BCUT2D eigenvalue weighted by molar-refractivity contribution is 0.146. The van der Waals surface area contributed by atoms with Crippen molar-refractivity contribution in [1.82, 2.24) is 9.21 Å². The van der Waals surface area contributed by atoms with Crippen molar-refractivity contribution in [2.45, 2.75) is 17.9 Å². The maximum absolute atomic E-state index is 13.0. The van der Waals surface area contributed by atoms with Crippen LogP contribution < -0.4 is 4.74 Å². The number of aryl methyl sites for hydroxylation is 1. The van der Waals surface area contributed by atoms with Gasteiger partial charge in [0.25, 0.3) is 0 Å². The Morgan fingerprint density at radius 3 is 2.40 bits per heavy atom. The summed E-state index contributed by atoms with van der Waals surface area (Å²) in [7, 11) is 0.165. The van der Waals surface area contributed by atoms with E-state index in [1.54, 1.807) is 23.5 Å². The van der Waals surface area contributed by atoms with Gasteiger partial charge >= 0.3 is 0 Å². The first-order valence-electron chi connectivity index (χ1n) is 8.33. The molecule has 0 aliphatic carbocycles. The lowest BCUT2D eigenvalue weighted by Crippen LogP contribution is -2.48. The molecule has 1 heterocycles. The Bertz CT molecular complexity index is 834. The average molecular weight is 360 g/mol. The van der Waals surface area contributed by atoms with Gasteiger partial charge in [-0.3, -0.25) is 4.90 Å². The summed E-state index contributed by atoms with van der Waals surface area (Å²) in [5, 5.41) is 0. The fourth-order valence-electron chi connectivity index (χ4n) is 3.20. The van der Waals surface area contributed by atoms with Crippen LogP contribution in [0.25, 0.3) is 0 Å². The molecule has 0 N–H and O–H groups in total. The highest BCUT2D eigenvalue weighted by atomic mass is 32.2. The summed E-state index contributed by atoms with van der Waals surface area (Å²) in [6, 6.07) is 14.8. The van der Waals surface area contributed by atoms with Crippen LogP contribution in [-0.2, 0) is 10.0 Å². The molecule has 0 radical (unpaired) electrons. The van der Waals surface area contributed by atoms with Crippen LogP contribution in [0, 0.1) is 6.92 Å². The molecule has 0 saturated carbocycles. The van der Waals surface area contributed by atoms with Gasteiger partial charge in [0, 0.05) is 25.2 Å². The normalized spacial score (nSPS) is 19.7. The van der Waals surface area contributed by atoms with Gasteiger partial charge in [-0.1, -0.05) is 35.9 Å². The van der Waals surface area contributed by atoms with Gasteiger partial charge in [0.1, 0.15) is 5.75 Å². The minimum Gasteiger partial charge on any atom is -0.496 e. The first-order chi connectivity index (χ1) is 11.9. The molecule has 2 aromatic carbocycles. The lowest BCUT2D eigenvalue weighted by Gasteiger charge is -2.39. The number of methoxy groups -OCH3 is 1. The Balaban J connectivity index is 1.91. The Kier molecular flexibility index (Phi) is 5.13. The summed E-state index contributed by atoms with van der Waals surface area (Å²) in [5.74, 6) is 0.786. The topological polar surface area (TPSA) is 49.9 Å².